The second-order valence-corrected chi connectivity index (χ2v) is 8.89. The van der Waals surface area contributed by atoms with E-state index in [1.807, 2.05) is 38.1 Å². The van der Waals surface area contributed by atoms with Gasteiger partial charge in [-0.1, -0.05) is 61.7 Å². The molecular formula is C32H30O4. The fourth-order valence-electron chi connectivity index (χ4n) is 3.58. The van der Waals surface area contributed by atoms with Crippen LogP contribution in [0.3, 0.4) is 0 Å². The number of ether oxygens (including phenoxy) is 2. The number of benzene rings is 3. The van der Waals surface area contributed by atoms with Crippen molar-refractivity contribution >= 4 is 23.1 Å². The van der Waals surface area contributed by atoms with E-state index in [9.17, 15) is 9.59 Å². The molecule has 0 saturated heterocycles. The average Bonchev–Trinajstić information content (AvgIpc) is 2.84. The molecule has 0 spiro atoms. The zero-order chi connectivity index (χ0) is 26.6. The first kappa shape index (κ1) is 26.2. The van der Waals surface area contributed by atoms with Gasteiger partial charge in [0.1, 0.15) is 11.5 Å². The van der Waals surface area contributed by atoms with Gasteiger partial charge >= 0.3 is 11.9 Å². The SMILES string of the molecule is C=C(C)C(=O)Oc1ccc(-c2cc(C(=C)C)c(-c3ccc(OC(=O)C(=C)C)cc3)cc2C(=C)C)cc1. The zero-order valence-electron chi connectivity index (χ0n) is 21.2. The Labute approximate surface area is 212 Å². The number of allylic oxidation sites excluding steroid dienone is 2. The third-order valence-electron chi connectivity index (χ3n) is 5.53. The minimum Gasteiger partial charge on any atom is -0.423 e. The van der Waals surface area contributed by atoms with Gasteiger partial charge in [-0.25, -0.2) is 9.59 Å². The van der Waals surface area contributed by atoms with E-state index in [0.29, 0.717) is 22.6 Å². The summed E-state index contributed by atoms with van der Waals surface area (Å²) in [5.74, 6) is -0.0139. The van der Waals surface area contributed by atoms with Crippen LogP contribution in [0.25, 0.3) is 33.4 Å². The van der Waals surface area contributed by atoms with Gasteiger partial charge in [0.15, 0.2) is 0 Å². The predicted octanol–water partition coefficient (Wildman–Crippen LogP) is 8.05. The molecule has 0 aliphatic rings. The Hall–Kier alpha value is -4.44. The van der Waals surface area contributed by atoms with E-state index < -0.39 is 11.9 Å². The van der Waals surface area contributed by atoms with Crippen molar-refractivity contribution in [2.24, 2.45) is 0 Å². The van der Waals surface area contributed by atoms with Crippen LogP contribution in [0.1, 0.15) is 38.8 Å². The fourth-order valence-corrected chi connectivity index (χ4v) is 3.58. The molecule has 3 rings (SSSR count). The highest BCUT2D eigenvalue weighted by atomic mass is 16.5. The molecule has 182 valence electrons. The smallest absolute Gasteiger partial charge is 0.338 e. The topological polar surface area (TPSA) is 52.6 Å². The maximum Gasteiger partial charge on any atom is 0.338 e. The van der Waals surface area contributed by atoms with Gasteiger partial charge in [0.2, 0.25) is 0 Å². The number of esters is 2. The number of carbonyl (C=O) groups is 2. The van der Waals surface area contributed by atoms with Crippen LogP contribution in [0.15, 0.2) is 98.1 Å². The van der Waals surface area contributed by atoms with E-state index in [1.165, 1.54) is 0 Å². The van der Waals surface area contributed by atoms with Crippen LogP contribution in [-0.2, 0) is 9.59 Å². The van der Waals surface area contributed by atoms with Crippen molar-refractivity contribution in [1.29, 1.82) is 0 Å². The average molecular weight is 479 g/mol. The van der Waals surface area contributed by atoms with Crippen molar-refractivity contribution in [1.82, 2.24) is 0 Å². The van der Waals surface area contributed by atoms with Crippen LogP contribution in [0.5, 0.6) is 11.5 Å². The van der Waals surface area contributed by atoms with E-state index >= 15 is 0 Å². The van der Waals surface area contributed by atoms with E-state index in [1.54, 1.807) is 38.1 Å². The van der Waals surface area contributed by atoms with Gasteiger partial charge in [-0.15, -0.1) is 0 Å². The minimum absolute atomic E-state index is 0.340. The van der Waals surface area contributed by atoms with Gasteiger partial charge in [0, 0.05) is 11.1 Å². The Kier molecular flexibility index (Phi) is 7.90. The third kappa shape index (κ3) is 5.97. The molecule has 0 bridgehead atoms. The molecule has 0 amide bonds. The fraction of sp³-hybridized carbons (Fsp3) is 0.125. The standard InChI is InChI=1S/C32H30O4/c1-19(2)27-17-30(24-11-15-26(16-12-24)36-32(34)22(7)8)28(20(3)4)18-29(27)23-9-13-25(14-10-23)35-31(33)21(5)6/h9-18H,1,3,5,7H2,2,4,6,8H3. The highest BCUT2D eigenvalue weighted by Crippen LogP contribution is 2.38. The molecule has 0 unspecified atom stereocenters. The first-order chi connectivity index (χ1) is 17.0. The van der Waals surface area contributed by atoms with Crippen molar-refractivity contribution in [2.45, 2.75) is 27.7 Å². The maximum absolute atomic E-state index is 11.8. The Morgan fingerprint density at radius 2 is 0.861 bits per heavy atom. The molecule has 0 atom stereocenters. The highest BCUT2D eigenvalue weighted by Gasteiger charge is 2.15. The molecule has 4 nitrogen and oxygen atoms in total. The Balaban J connectivity index is 2.05. The lowest BCUT2D eigenvalue weighted by Crippen LogP contribution is -2.08. The minimum atomic E-state index is -0.459. The van der Waals surface area contributed by atoms with Crippen LogP contribution in [0, 0.1) is 0 Å². The summed E-state index contributed by atoms with van der Waals surface area (Å²) in [5, 5.41) is 0. The summed E-state index contributed by atoms with van der Waals surface area (Å²) in [5.41, 5.74) is 8.37. The van der Waals surface area contributed by atoms with Gasteiger partial charge in [-0.2, -0.15) is 0 Å². The first-order valence-corrected chi connectivity index (χ1v) is 11.4. The zero-order valence-corrected chi connectivity index (χ0v) is 21.2. The van der Waals surface area contributed by atoms with Crippen molar-refractivity contribution in [3.05, 3.63) is 109 Å². The number of hydrogen-bond donors (Lipinski definition) is 0. The summed E-state index contributed by atoms with van der Waals surface area (Å²) in [6.07, 6.45) is 0. The summed E-state index contributed by atoms with van der Waals surface area (Å²) in [6, 6.07) is 18.9. The van der Waals surface area contributed by atoms with Gasteiger partial charge in [0.05, 0.1) is 0 Å². The van der Waals surface area contributed by atoms with Crippen LogP contribution in [0.4, 0.5) is 0 Å². The number of carbonyl (C=O) groups excluding carboxylic acids is 2. The molecule has 0 radical (unpaired) electrons. The lowest BCUT2D eigenvalue weighted by atomic mass is 9.86. The predicted molar refractivity (Wildman–Crippen MR) is 148 cm³/mol. The molecule has 3 aromatic carbocycles. The molecule has 3 aromatic rings. The summed E-state index contributed by atoms with van der Waals surface area (Å²) < 4.78 is 10.6. The van der Waals surface area contributed by atoms with Gasteiger partial charge in [-0.3, -0.25) is 0 Å². The number of rotatable bonds is 8. The summed E-state index contributed by atoms with van der Waals surface area (Å²) in [6.45, 7) is 22.8. The molecule has 36 heavy (non-hydrogen) atoms. The van der Waals surface area contributed by atoms with Crippen LogP contribution >= 0.6 is 0 Å². The van der Waals surface area contributed by atoms with Gasteiger partial charge in [-0.05, 0) is 97.5 Å². The first-order valence-electron chi connectivity index (χ1n) is 11.4. The monoisotopic (exact) mass is 478 g/mol. The third-order valence-corrected chi connectivity index (χ3v) is 5.53. The summed E-state index contributed by atoms with van der Waals surface area (Å²) in [7, 11) is 0. The van der Waals surface area contributed by atoms with Crippen LogP contribution in [0.2, 0.25) is 0 Å². The van der Waals surface area contributed by atoms with Crippen molar-refractivity contribution in [3.63, 3.8) is 0 Å². The van der Waals surface area contributed by atoms with Crippen molar-refractivity contribution in [3.8, 4) is 33.8 Å². The molecule has 0 aromatic heterocycles. The Morgan fingerprint density at radius 3 is 1.11 bits per heavy atom. The second-order valence-electron chi connectivity index (χ2n) is 8.89. The molecule has 0 fully saturated rings. The molecule has 4 heteroatoms. The number of hydrogen-bond acceptors (Lipinski definition) is 4. The molecule has 0 aliphatic heterocycles. The quantitative estimate of drug-likeness (QED) is 0.187. The van der Waals surface area contributed by atoms with Gasteiger partial charge < -0.3 is 9.47 Å². The van der Waals surface area contributed by atoms with E-state index in [2.05, 4.69) is 38.4 Å². The van der Waals surface area contributed by atoms with Crippen molar-refractivity contribution in [2.75, 3.05) is 0 Å². The molecule has 0 heterocycles. The van der Waals surface area contributed by atoms with Gasteiger partial charge in [0.25, 0.3) is 0 Å². The second kappa shape index (κ2) is 10.9. The molecule has 0 aliphatic carbocycles. The highest BCUT2D eigenvalue weighted by molar-refractivity contribution is 5.91. The normalized spacial score (nSPS) is 10.3. The largest absolute Gasteiger partial charge is 0.423 e. The van der Waals surface area contributed by atoms with E-state index in [4.69, 9.17) is 9.47 Å². The van der Waals surface area contributed by atoms with E-state index in [0.717, 1.165) is 44.5 Å². The molecule has 0 N–H and O–H groups in total. The molecular weight excluding hydrogens is 448 g/mol. The molecule has 0 saturated carbocycles. The Bertz CT molecular complexity index is 1280. The summed E-state index contributed by atoms with van der Waals surface area (Å²) in [4.78, 5) is 23.7. The lowest BCUT2D eigenvalue weighted by Gasteiger charge is -2.18. The maximum atomic E-state index is 11.8. The van der Waals surface area contributed by atoms with Crippen LogP contribution in [-0.4, -0.2) is 11.9 Å². The lowest BCUT2D eigenvalue weighted by molar-refractivity contribution is -0.130. The van der Waals surface area contributed by atoms with E-state index in [-0.39, 0.29) is 0 Å². The summed E-state index contributed by atoms with van der Waals surface area (Å²) >= 11 is 0. The Morgan fingerprint density at radius 1 is 0.556 bits per heavy atom. The van der Waals surface area contributed by atoms with Crippen LogP contribution < -0.4 is 9.47 Å². The van der Waals surface area contributed by atoms with Crippen molar-refractivity contribution < 1.29 is 19.1 Å².